The predicted molar refractivity (Wildman–Crippen MR) is 62.8 cm³/mol. The zero-order valence-electron chi connectivity index (χ0n) is 9.53. The smallest absolute Gasteiger partial charge is 0.351 e. The number of carbonyl (C=O) groups is 1. The molecule has 0 aliphatic heterocycles. The molecule has 0 aromatic carbocycles. The van der Waals surface area contributed by atoms with Crippen molar-refractivity contribution in [2.24, 2.45) is 5.14 Å². The van der Waals surface area contributed by atoms with Crippen LogP contribution >= 0.6 is 11.3 Å². The molecular weight excluding hydrogens is 305 g/mol. The molecule has 3 N–H and O–H groups in total. The second-order valence-corrected chi connectivity index (χ2v) is 6.61. The number of hydrogen-bond acceptors (Lipinski definition) is 4. The summed E-state index contributed by atoms with van der Waals surface area (Å²) in [6.07, 6.45) is -6.22. The lowest BCUT2D eigenvalue weighted by molar-refractivity contribution is -0.144. The van der Waals surface area contributed by atoms with E-state index < -0.39 is 34.9 Å². The van der Waals surface area contributed by atoms with Gasteiger partial charge in [0.15, 0.2) is 0 Å². The average Bonchev–Trinajstić information content (AvgIpc) is 2.70. The van der Waals surface area contributed by atoms with Crippen LogP contribution in [0.1, 0.15) is 17.7 Å². The van der Waals surface area contributed by atoms with E-state index in [2.05, 4.69) is 5.32 Å². The van der Waals surface area contributed by atoms with E-state index in [-0.39, 0.29) is 10.8 Å². The van der Waals surface area contributed by atoms with E-state index in [9.17, 15) is 26.4 Å². The van der Waals surface area contributed by atoms with Gasteiger partial charge >= 0.3 is 6.18 Å². The van der Waals surface area contributed by atoms with Gasteiger partial charge < -0.3 is 5.32 Å². The molecule has 10 heteroatoms. The fourth-order valence-corrected chi connectivity index (χ4v) is 2.85. The van der Waals surface area contributed by atoms with Crippen molar-refractivity contribution in [2.75, 3.05) is 0 Å². The average molecular weight is 316 g/mol. The molecule has 0 saturated heterocycles. The third kappa shape index (κ3) is 6.03. The lowest BCUT2D eigenvalue weighted by Gasteiger charge is -2.06. The maximum Gasteiger partial charge on any atom is 0.389 e. The Bertz CT molecular complexity index is 551. The molecule has 0 fully saturated rings. The number of nitrogens with one attached hydrogen (secondary N) is 1. The molecule has 1 aromatic heterocycles. The summed E-state index contributed by atoms with van der Waals surface area (Å²) in [7, 11) is -3.79. The summed E-state index contributed by atoms with van der Waals surface area (Å²) in [6, 6.07) is 2.71. The minimum absolute atomic E-state index is 0.0309. The molecule has 0 spiro atoms. The highest BCUT2D eigenvalue weighted by molar-refractivity contribution is 7.91. The fraction of sp³-hybridized carbons (Fsp3) is 0.444. The molecule has 1 rings (SSSR count). The third-order valence-corrected chi connectivity index (χ3v) is 4.54. The first-order valence-corrected chi connectivity index (χ1v) is 7.39. The minimum Gasteiger partial charge on any atom is -0.351 e. The second kappa shape index (κ2) is 5.88. The number of halogens is 3. The van der Waals surface area contributed by atoms with Crippen molar-refractivity contribution in [3.8, 4) is 0 Å². The van der Waals surface area contributed by atoms with Crippen LogP contribution in [0.25, 0.3) is 0 Å². The van der Waals surface area contributed by atoms with E-state index in [4.69, 9.17) is 5.14 Å². The molecule has 1 aromatic rings. The molecule has 0 saturated carbocycles. The molecule has 108 valence electrons. The Morgan fingerprint density at radius 1 is 1.37 bits per heavy atom. The van der Waals surface area contributed by atoms with Crippen LogP contribution < -0.4 is 10.5 Å². The SMILES string of the molecule is NS(=O)(=O)c1ccc(CNC(=O)CCC(F)(F)F)s1. The molecule has 0 atom stereocenters. The number of nitrogens with two attached hydrogens (primary N) is 1. The first kappa shape index (κ1) is 15.9. The first-order chi connectivity index (χ1) is 8.58. The Hall–Kier alpha value is -1.13. The Kier molecular flexibility index (Phi) is 4.93. The van der Waals surface area contributed by atoms with Gasteiger partial charge in [-0.25, -0.2) is 13.6 Å². The van der Waals surface area contributed by atoms with Crippen molar-refractivity contribution in [3.63, 3.8) is 0 Å². The summed E-state index contributed by atoms with van der Waals surface area (Å²) < 4.78 is 57.4. The summed E-state index contributed by atoms with van der Waals surface area (Å²) in [5, 5.41) is 7.16. The van der Waals surface area contributed by atoms with Gasteiger partial charge in [-0.05, 0) is 12.1 Å². The Morgan fingerprint density at radius 3 is 2.47 bits per heavy atom. The molecule has 0 unspecified atom stereocenters. The molecule has 0 radical (unpaired) electrons. The van der Waals surface area contributed by atoms with E-state index in [1.54, 1.807) is 0 Å². The molecule has 1 amide bonds. The Balaban J connectivity index is 2.45. The number of amides is 1. The van der Waals surface area contributed by atoms with Crippen molar-refractivity contribution in [1.29, 1.82) is 0 Å². The maximum absolute atomic E-state index is 11.9. The topological polar surface area (TPSA) is 89.3 Å². The van der Waals surface area contributed by atoms with Crippen LogP contribution in [-0.2, 0) is 21.4 Å². The van der Waals surface area contributed by atoms with Crippen molar-refractivity contribution in [2.45, 2.75) is 29.8 Å². The molecule has 19 heavy (non-hydrogen) atoms. The quantitative estimate of drug-likeness (QED) is 0.859. The molecular formula is C9H11F3N2O3S2. The van der Waals surface area contributed by atoms with E-state index in [1.807, 2.05) is 0 Å². The lowest BCUT2D eigenvalue weighted by Crippen LogP contribution is -2.24. The number of sulfonamides is 1. The highest BCUT2D eigenvalue weighted by atomic mass is 32.2. The van der Waals surface area contributed by atoms with Crippen molar-refractivity contribution in [1.82, 2.24) is 5.32 Å². The van der Waals surface area contributed by atoms with Crippen LogP contribution in [0.4, 0.5) is 13.2 Å². The number of carbonyl (C=O) groups excluding carboxylic acids is 1. The van der Waals surface area contributed by atoms with E-state index >= 15 is 0 Å². The predicted octanol–water partition coefficient (Wildman–Crippen LogP) is 1.35. The molecule has 0 aliphatic carbocycles. The first-order valence-electron chi connectivity index (χ1n) is 5.03. The number of thiophene rings is 1. The van der Waals surface area contributed by atoms with Crippen molar-refractivity contribution in [3.05, 3.63) is 17.0 Å². The van der Waals surface area contributed by atoms with E-state index in [0.717, 1.165) is 11.3 Å². The molecule has 0 bridgehead atoms. The molecule has 0 aliphatic rings. The number of rotatable bonds is 5. The fourth-order valence-electron chi connectivity index (χ4n) is 1.14. The van der Waals surface area contributed by atoms with Gasteiger partial charge in [0.2, 0.25) is 15.9 Å². The van der Waals surface area contributed by atoms with Gasteiger partial charge in [0, 0.05) is 11.3 Å². The van der Waals surface area contributed by atoms with Crippen LogP contribution in [0.3, 0.4) is 0 Å². The maximum atomic E-state index is 11.9. The Morgan fingerprint density at radius 2 is 2.00 bits per heavy atom. The molecule has 1 heterocycles. The van der Waals surface area contributed by atoms with Gasteiger partial charge in [-0.15, -0.1) is 11.3 Å². The highest BCUT2D eigenvalue weighted by Gasteiger charge is 2.27. The summed E-state index contributed by atoms with van der Waals surface area (Å²) in [5.41, 5.74) is 0. The second-order valence-electron chi connectivity index (χ2n) is 3.66. The molecule has 5 nitrogen and oxygen atoms in total. The van der Waals surface area contributed by atoms with Crippen molar-refractivity contribution < 1.29 is 26.4 Å². The van der Waals surface area contributed by atoms with Gasteiger partial charge in [0.05, 0.1) is 13.0 Å². The lowest BCUT2D eigenvalue weighted by atomic mass is 10.3. The van der Waals surface area contributed by atoms with Crippen LogP contribution in [0.5, 0.6) is 0 Å². The largest absolute Gasteiger partial charge is 0.389 e. The summed E-state index contributed by atoms with van der Waals surface area (Å²) in [4.78, 5) is 11.6. The summed E-state index contributed by atoms with van der Waals surface area (Å²) >= 11 is 0.856. The van der Waals surface area contributed by atoms with Crippen molar-refractivity contribution >= 4 is 27.3 Å². The number of primary sulfonamides is 1. The summed E-state index contributed by atoms with van der Waals surface area (Å²) in [5.74, 6) is -0.747. The minimum atomic E-state index is -4.37. The van der Waals surface area contributed by atoms with Gasteiger partial charge in [0.25, 0.3) is 0 Å². The van der Waals surface area contributed by atoms with Gasteiger partial charge in [-0.3, -0.25) is 4.79 Å². The van der Waals surface area contributed by atoms with Crippen LogP contribution in [-0.4, -0.2) is 20.5 Å². The van der Waals surface area contributed by atoms with E-state index in [1.165, 1.54) is 12.1 Å². The number of alkyl halides is 3. The van der Waals surface area contributed by atoms with Crippen LogP contribution in [0, 0.1) is 0 Å². The number of hydrogen-bond donors (Lipinski definition) is 2. The van der Waals surface area contributed by atoms with Crippen LogP contribution in [0.15, 0.2) is 16.3 Å². The van der Waals surface area contributed by atoms with Gasteiger partial charge in [-0.1, -0.05) is 0 Å². The Labute approximate surface area is 111 Å². The standard InChI is InChI=1S/C9H11F3N2O3S2/c10-9(11,12)4-3-7(15)14-5-6-1-2-8(18-6)19(13,16)17/h1-2H,3-5H2,(H,14,15)(H2,13,16,17). The summed E-state index contributed by atoms with van der Waals surface area (Å²) in [6.45, 7) is -0.0309. The zero-order chi connectivity index (χ0) is 14.7. The van der Waals surface area contributed by atoms with Gasteiger partial charge in [-0.2, -0.15) is 13.2 Å². The zero-order valence-corrected chi connectivity index (χ0v) is 11.2. The monoisotopic (exact) mass is 316 g/mol. The third-order valence-electron chi connectivity index (χ3n) is 2.01. The normalized spacial score (nSPS) is 12.4. The van der Waals surface area contributed by atoms with Crippen LogP contribution in [0.2, 0.25) is 0 Å². The highest BCUT2D eigenvalue weighted by Crippen LogP contribution is 2.22. The van der Waals surface area contributed by atoms with Gasteiger partial charge in [0.1, 0.15) is 4.21 Å². The van der Waals surface area contributed by atoms with E-state index in [0.29, 0.717) is 4.88 Å².